The topological polar surface area (TPSA) is 32.3 Å². The summed E-state index contributed by atoms with van der Waals surface area (Å²) >= 11 is 1.66. The highest BCUT2D eigenvalue weighted by Gasteiger charge is 2.10. The second kappa shape index (κ2) is 7.21. The lowest BCUT2D eigenvalue weighted by Gasteiger charge is -2.14. The van der Waals surface area contributed by atoms with Gasteiger partial charge < -0.3 is 10.4 Å². The van der Waals surface area contributed by atoms with Gasteiger partial charge >= 0.3 is 0 Å². The van der Waals surface area contributed by atoms with Crippen LogP contribution in [-0.4, -0.2) is 23.2 Å². The van der Waals surface area contributed by atoms with Crippen LogP contribution in [0.3, 0.4) is 0 Å². The normalized spacial score (nSPS) is 12.1. The fourth-order valence-corrected chi connectivity index (χ4v) is 1.98. The second-order valence-electron chi connectivity index (χ2n) is 3.64. The summed E-state index contributed by atoms with van der Waals surface area (Å²) in [5, 5.41) is 12.3. The van der Waals surface area contributed by atoms with E-state index in [1.165, 1.54) is 6.07 Å². The van der Waals surface area contributed by atoms with E-state index in [0.29, 0.717) is 11.3 Å². The van der Waals surface area contributed by atoms with Crippen molar-refractivity contribution in [2.45, 2.75) is 13.0 Å². The number of phenolic OH excluding ortho intramolecular Hbond substituents is 1. The molecule has 0 aliphatic carbocycles. The highest BCUT2D eigenvalue weighted by Crippen LogP contribution is 2.20. The van der Waals surface area contributed by atoms with E-state index in [1.54, 1.807) is 17.8 Å². The van der Waals surface area contributed by atoms with Gasteiger partial charge in [-0.15, -0.1) is 18.2 Å². The summed E-state index contributed by atoms with van der Waals surface area (Å²) in [6, 6.07) is 4.13. The van der Waals surface area contributed by atoms with Crippen molar-refractivity contribution in [2.24, 2.45) is 0 Å². The third kappa shape index (κ3) is 4.68. The Balaban J connectivity index is 2.42. The minimum Gasteiger partial charge on any atom is -0.508 e. The standard InChI is InChI=1S/C13H16FNOS/c1-3-7-17-8-6-15-10(2)12-5-4-11(16)9-13(12)14/h1,4-5,9-10,15-16H,6-8H2,2H3. The number of nitrogens with one attached hydrogen (secondary N) is 1. The van der Waals surface area contributed by atoms with Gasteiger partial charge in [-0.1, -0.05) is 12.0 Å². The Hall–Kier alpha value is -1.18. The monoisotopic (exact) mass is 253 g/mol. The largest absolute Gasteiger partial charge is 0.508 e. The lowest BCUT2D eigenvalue weighted by molar-refractivity contribution is 0.464. The fraction of sp³-hybridized carbons (Fsp3) is 0.385. The zero-order chi connectivity index (χ0) is 12.7. The van der Waals surface area contributed by atoms with Crippen molar-refractivity contribution in [3.63, 3.8) is 0 Å². The van der Waals surface area contributed by atoms with Crippen molar-refractivity contribution < 1.29 is 9.50 Å². The molecule has 0 fully saturated rings. The van der Waals surface area contributed by atoms with Crippen molar-refractivity contribution in [2.75, 3.05) is 18.1 Å². The van der Waals surface area contributed by atoms with Crippen molar-refractivity contribution >= 4 is 11.8 Å². The lowest BCUT2D eigenvalue weighted by atomic mass is 10.1. The smallest absolute Gasteiger partial charge is 0.131 e. The molecule has 0 amide bonds. The van der Waals surface area contributed by atoms with Crippen LogP contribution in [0.1, 0.15) is 18.5 Å². The lowest BCUT2D eigenvalue weighted by Crippen LogP contribution is -2.22. The number of hydrogen-bond acceptors (Lipinski definition) is 3. The summed E-state index contributed by atoms with van der Waals surface area (Å²) in [5.41, 5.74) is 0.560. The molecule has 1 aromatic rings. The number of benzene rings is 1. The van der Waals surface area contributed by atoms with Crippen LogP contribution in [0.5, 0.6) is 5.75 Å². The molecule has 0 radical (unpaired) electrons. The summed E-state index contributed by atoms with van der Waals surface area (Å²) in [7, 11) is 0. The summed E-state index contributed by atoms with van der Waals surface area (Å²) in [6.07, 6.45) is 5.13. The van der Waals surface area contributed by atoms with Crippen molar-refractivity contribution in [3.8, 4) is 18.1 Å². The van der Waals surface area contributed by atoms with Crippen LogP contribution < -0.4 is 5.32 Å². The van der Waals surface area contributed by atoms with E-state index in [0.717, 1.165) is 18.4 Å². The third-order valence-corrected chi connectivity index (χ3v) is 3.20. The van der Waals surface area contributed by atoms with Crippen LogP contribution in [0.2, 0.25) is 0 Å². The third-order valence-electron chi connectivity index (χ3n) is 2.33. The summed E-state index contributed by atoms with van der Waals surface area (Å²) < 4.78 is 13.5. The minimum absolute atomic E-state index is 0.0528. The molecule has 0 spiro atoms. The Bertz CT molecular complexity index is 403. The van der Waals surface area contributed by atoms with E-state index in [-0.39, 0.29) is 17.6 Å². The first-order valence-electron chi connectivity index (χ1n) is 5.38. The van der Waals surface area contributed by atoms with E-state index in [2.05, 4.69) is 11.2 Å². The molecule has 0 saturated carbocycles. The molecule has 0 saturated heterocycles. The molecule has 0 heterocycles. The summed E-state index contributed by atoms with van der Waals surface area (Å²) in [4.78, 5) is 0. The first-order chi connectivity index (χ1) is 8.15. The molecule has 0 bridgehead atoms. The Kier molecular flexibility index (Phi) is 5.88. The number of hydrogen-bond donors (Lipinski definition) is 2. The second-order valence-corrected chi connectivity index (χ2v) is 4.74. The number of terminal acetylenes is 1. The molecule has 1 atom stereocenters. The summed E-state index contributed by atoms with van der Waals surface area (Å²) in [6.45, 7) is 2.66. The van der Waals surface area contributed by atoms with E-state index in [1.807, 2.05) is 6.92 Å². The number of phenols is 1. The average Bonchev–Trinajstić information content (AvgIpc) is 2.28. The molecule has 0 aromatic heterocycles. The van der Waals surface area contributed by atoms with E-state index >= 15 is 0 Å². The van der Waals surface area contributed by atoms with Gasteiger partial charge in [0.05, 0.1) is 5.75 Å². The fourth-order valence-electron chi connectivity index (χ4n) is 1.46. The minimum atomic E-state index is -0.388. The van der Waals surface area contributed by atoms with E-state index < -0.39 is 0 Å². The van der Waals surface area contributed by atoms with Crippen LogP contribution in [0.25, 0.3) is 0 Å². The highest BCUT2D eigenvalue weighted by molar-refractivity contribution is 7.99. The van der Waals surface area contributed by atoms with Crippen LogP contribution in [0, 0.1) is 18.2 Å². The zero-order valence-electron chi connectivity index (χ0n) is 9.74. The molecule has 2 nitrogen and oxygen atoms in total. The molecule has 92 valence electrons. The SMILES string of the molecule is C#CCSCCNC(C)c1ccc(O)cc1F. The molecular formula is C13H16FNOS. The van der Waals surface area contributed by atoms with Crippen LogP contribution >= 0.6 is 11.8 Å². The van der Waals surface area contributed by atoms with Gasteiger partial charge in [0.2, 0.25) is 0 Å². The summed E-state index contributed by atoms with van der Waals surface area (Å²) in [5.74, 6) is 3.70. The number of rotatable bonds is 6. The van der Waals surface area contributed by atoms with Crippen LogP contribution in [0.4, 0.5) is 4.39 Å². The van der Waals surface area contributed by atoms with Gasteiger partial charge in [0, 0.05) is 30.0 Å². The molecule has 1 rings (SSSR count). The maximum Gasteiger partial charge on any atom is 0.131 e. The number of aromatic hydroxyl groups is 1. The molecule has 0 aliphatic rings. The van der Waals surface area contributed by atoms with Gasteiger partial charge in [0.15, 0.2) is 0 Å². The average molecular weight is 253 g/mol. The molecular weight excluding hydrogens is 237 g/mol. The maximum atomic E-state index is 13.5. The van der Waals surface area contributed by atoms with E-state index in [9.17, 15) is 4.39 Å². The Morgan fingerprint density at radius 2 is 2.35 bits per heavy atom. The van der Waals surface area contributed by atoms with Gasteiger partial charge in [-0.05, 0) is 13.0 Å². The quantitative estimate of drug-likeness (QED) is 0.603. The first kappa shape index (κ1) is 13.9. The zero-order valence-corrected chi connectivity index (χ0v) is 10.6. The molecule has 0 aliphatic heterocycles. The van der Waals surface area contributed by atoms with Gasteiger partial charge in [0.1, 0.15) is 11.6 Å². The van der Waals surface area contributed by atoms with Gasteiger partial charge in [-0.3, -0.25) is 0 Å². The Morgan fingerprint density at radius 3 is 3.00 bits per heavy atom. The van der Waals surface area contributed by atoms with Crippen molar-refractivity contribution in [3.05, 3.63) is 29.6 Å². The highest BCUT2D eigenvalue weighted by atomic mass is 32.2. The van der Waals surface area contributed by atoms with Crippen molar-refractivity contribution in [1.82, 2.24) is 5.32 Å². The predicted molar refractivity (Wildman–Crippen MR) is 70.6 cm³/mol. The predicted octanol–water partition coefficient (Wildman–Crippen LogP) is 2.55. The Labute approximate surface area is 106 Å². The molecule has 1 aromatic carbocycles. The van der Waals surface area contributed by atoms with Crippen LogP contribution in [0.15, 0.2) is 18.2 Å². The van der Waals surface area contributed by atoms with Crippen molar-refractivity contribution in [1.29, 1.82) is 0 Å². The molecule has 2 N–H and O–H groups in total. The van der Waals surface area contributed by atoms with Gasteiger partial charge in [-0.25, -0.2) is 4.39 Å². The molecule has 17 heavy (non-hydrogen) atoms. The van der Waals surface area contributed by atoms with E-state index in [4.69, 9.17) is 11.5 Å². The molecule has 4 heteroatoms. The van der Waals surface area contributed by atoms with Gasteiger partial charge in [-0.2, -0.15) is 0 Å². The maximum absolute atomic E-state index is 13.5. The Morgan fingerprint density at radius 1 is 1.59 bits per heavy atom. The number of thioether (sulfide) groups is 1. The first-order valence-corrected chi connectivity index (χ1v) is 6.53. The van der Waals surface area contributed by atoms with Gasteiger partial charge in [0.25, 0.3) is 0 Å². The molecule has 1 unspecified atom stereocenters. The van der Waals surface area contributed by atoms with Crippen LogP contribution in [-0.2, 0) is 0 Å². The number of halogens is 1.